The Labute approximate surface area is 172 Å². The van der Waals surface area contributed by atoms with Crippen molar-refractivity contribution in [2.24, 2.45) is 0 Å². The fraction of sp³-hybridized carbons (Fsp3) is 0.238. The summed E-state index contributed by atoms with van der Waals surface area (Å²) in [7, 11) is 0. The van der Waals surface area contributed by atoms with Gasteiger partial charge < -0.3 is 9.30 Å². The van der Waals surface area contributed by atoms with Crippen molar-refractivity contribution in [3.05, 3.63) is 81.4 Å². The van der Waals surface area contributed by atoms with Crippen LogP contribution < -0.4 is 0 Å². The molecule has 0 aromatic carbocycles. The predicted molar refractivity (Wildman–Crippen MR) is 113 cm³/mol. The predicted octanol–water partition coefficient (Wildman–Crippen LogP) is 5.69. The summed E-state index contributed by atoms with van der Waals surface area (Å²) in [5.74, 6) is 0.319. The van der Waals surface area contributed by atoms with Crippen LogP contribution in [0.15, 0.2) is 69.9 Å². The molecular formula is C21H20BrClN2O2. The molecule has 4 nitrogen and oxygen atoms in total. The van der Waals surface area contributed by atoms with Gasteiger partial charge in [-0.15, -0.1) is 0 Å². The monoisotopic (exact) mass is 446 g/mol. The molecule has 2 aliphatic carbocycles. The third-order valence-corrected chi connectivity index (χ3v) is 5.09. The Kier molecular flexibility index (Phi) is 6.69. The largest absolute Gasteiger partial charge is 0.461 e. The van der Waals surface area contributed by atoms with Crippen LogP contribution in [0.4, 0.5) is 0 Å². The minimum atomic E-state index is -0.423. The zero-order valence-corrected chi connectivity index (χ0v) is 17.3. The van der Waals surface area contributed by atoms with Gasteiger partial charge in [0.1, 0.15) is 5.82 Å². The second-order valence-electron chi connectivity index (χ2n) is 6.00. The first-order valence-corrected chi connectivity index (χ1v) is 9.97. The molecule has 0 aliphatic heterocycles. The van der Waals surface area contributed by atoms with Gasteiger partial charge in [-0.1, -0.05) is 57.9 Å². The van der Waals surface area contributed by atoms with Gasteiger partial charge in [0.15, 0.2) is 5.69 Å². The molecule has 0 fully saturated rings. The van der Waals surface area contributed by atoms with Crippen molar-refractivity contribution in [3.8, 4) is 0 Å². The van der Waals surface area contributed by atoms with E-state index in [4.69, 9.17) is 16.3 Å². The van der Waals surface area contributed by atoms with Gasteiger partial charge in [-0.3, -0.25) is 0 Å². The maximum Gasteiger partial charge on any atom is 0.358 e. The Morgan fingerprint density at radius 1 is 1.30 bits per heavy atom. The highest BCUT2D eigenvalue weighted by Gasteiger charge is 2.19. The molecular weight excluding hydrogens is 428 g/mol. The number of ether oxygens (including phenoxy) is 1. The van der Waals surface area contributed by atoms with Gasteiger partial charge in [0.05, 0.1) is 6.61 Å². The number of carbonyl (C=O) groups is 1. The molecule has 3 rings (SSSR count). The minimum absolute atomic E-state index is 0.296. The molecule has 1 aromatic rings. The number of aromatic nitrogens is 2. The van der Waals surface area contributed by atoms with E-state index in [1.54, 1.807) is 13.1 Å². The van der Waals surface area contributed by atoms with Crippen molar-refractivity contribution in [3.63, 3.8) is 0 Å². The van der Waals surface area contributed by atoms with Crippen LogP contribution in [0, 0.1) is 0 Å². The second-order valence-corrected chi connectivity index (χ2v) is 7.33. The first-order valence-electron chi connectivity index (χ1n) is 8.80. The normalized spacial score (nSPS) is 16.7. The van der Waals surface area contributed by atoms with E-state index in [0.717, 1.165) is 34.4 Å². The van der Waals surface area contributed by atoms with E-state index in [0.29, 0.717) is 23.8 Å². The zero-order chi connectivity index (χ0) is 19.2. The van der Waals surface area contributed by atoms with Crippen LogP contribution in [-0.2, 0) is 11.2 Å². The lowest BCUT2D eigenvalue weighted by atomic mass is 10.1. The molecule has 0 spiro atoms. The minimum Gasteiger partial charge on any atom is -0.461 e. The van der Waals surface area contributed by atoms with E-state index in [-0.39, 0.29) is 0 Å². The van der Waals surface area contributed by atoms with Gasteiger partial charge in [-0.25, -0.2) is 9.78 Å². The number of rotatable bonds is 5. The van der Waals surface area contributed by atoms with Crippen LogP contribution in [-0.4, -0.2) is 22.1 Å². The Morgan fingerprint density at radius 2 is 2.15 bits per heavy atom. The Hall–Kier alpha value is -2.11. The number of nitrogens with zero attached hydrogens (tertiary/aromatic N) is 2. The third-order valence-electron chi connectivity index (χ3n) is 4.13. The van der Waals surface area contributed by atoms with Gasteiger partial charge in [-0.05, 0) is 43.6 Å². The molecule has 6 heteroatoms. The summed E-state index contributed by atoms with van der Waals surface area (Å²) >= 11 is 9.91. The maximum atomic E-state index is 12.2. The number of imidazole rings is 1. The maximum absolute atomic E-state index is 12.2. The summed E-state index contributed by atoms with van der Waals surface area (Å²) in [6, 6.07) is 0. The van der Waals surface area contributed by atoms with Crippen LogP contribution in [0.25, 0.3) is 5.70 Å². The molecule has 0 saturated heterocycles. The number of esters is 1. The van der Waals surface area contributed by atoms with Gasteiger partial charge >= 0.3 is 5.97 Å². The van der Waals surface area contributed by atoms with Gasteiger partial charge in [-0.2, -0.15) is 0 Å². The number of allylic oxidation sites excluding steroid dienone is 12. The first-order chi connectivity index (χ1) is 13.1. The van der Waals surface area contributed by atoms with Crippen molar-refractivity contribution in [2.75, 3.05) is 6.61 Å². The number of carbonyl (C=O) groups excluding carboxylic acids is 1. The Morgan fingerprint density at radius 3 is 2.96 bits per heavy atom. The van der Waals surface area contributed by atoms with Crippen LogP contribution in [0.5, 0.6) is 0 Å². The van der Waals surface area contributed by atoms with Gasteiger partial charge in [0.25, 0.3) is 0 Å². The summed E-state index contributed by atoms with van der Waals surface area (Å²) < 4.78 is 8.08. The average molecular weight is 448 g/mol. The van der Waals surface area contributed by atoms with Crippen LogP contribution in [0.3, 0.4) is 0 Å². The SMILES string of the molecule is CCOC(=O)c1cn(C2=CCC=C(Br)C=C2)c(CC2=CCC=CC=C2Cl)n1. The molecule has 2 aliphatic rings. The van der Waals surface area contributed by atoms with Crippen LogP contribution in [0.2, 0.25) is 0 Å². The fourth-order valence-corrected chi connectivity index (χ4v) is 3.35. The summed E-state index contributed by atoms with van der Waals surface area (Å²) in [5.41, 5.74) is 2.23. The smallest absolute Gasteiger partial charge is 0.358 e. The highest BCUT2D eigenvalue weighted by Crippen LogP contribution is 2.26. The van der Waals surface area contributed by atoms with E-state index in [1.165, 1.54) is 0 Å². The first kappa shape index (κ1) is 19.6. The molecule has 0 bridgehead atoms. The fourth-order valence-electron chi connectivity index (χ4n) is 2.82. The molecule has 27 heavy (non-hydrogen) atoms. The lowest BCUT2D eigenvalue weighted by Crippen LogP contribution is -2.05. The number of hydrogen-bond donors (Lipinski definition) is 0. The topological polar surface area (TPSA) is 44.1 Å². The summed E-state index contributed by atoms with van der Waals surface area (Å²) in [4.78, 5) is 16.8. The molecule has 0 radical (unpaired) electrons. The van der Waals surface area contributed by atoms with Gasteiger partial charge in [0.2, 0.25) is 0 Å². The molecule has 1 heterocycles. The highest BCUT2D eigenvalue weighted by molar-refractivity contribution is 9.11. The molecule has 0 saturated carbocycles. The molecule has 0 amide bonds. The second kappa shape index (κ2) is 9.20. The Bertz CT molecular complexity index is 917. The van der Waals surface area contributed by atoms with Crippen molar-refractivity contribution in [2.45, 2.75) is 26.2 Å². The number of hydrogen-bond acceptors (Lipinski definition) is 3. The number of halogens is 2. The lowest BCUT2D eigenvalue weighted by Gasteiger charge is -2.10. The van der Waals surface area contributed by atoms with E-state index < -0.39 is 5.97 Å². The molecule has 0 unspecified atom stereocenters. The standard InChI is InChI=1S/C21H20BrClN2O2/c1-2-27-21(26)19-14-25(17-9-6-8-16(22)11-12-17)20(24-19)13-15-7-4-3-5-10-18(15)23/h3,5,7-12,14H,2,4,6,13H2,1H3. The molecule has 0 N–H and O–H groups in total. The van der Waals surface area contributed by atoms with Crippen LogP contribution >= 0.6 is 27.5 Å². The highest BCUT2D eigenvalue weighted by atomic mass is 79.9. The van der Waals surface area contributed by atoms with Crippen molar-refractivity contribution < 1.29 is 9.53 Å². The van der Waals surface area contributed by atoms with Crippen LogP contribution in [0.1, 0.15) is 36.1 Å². The summed E-state index contributed by atoms with van der Waals surface area (Å²) in [5, 5.41) is 0.686. The summed E-state index contributed by atoms with van der Waals surface area (Å²) in [6.07, 6.45) is 19.9. The Balaban J connectivity index is 1.98. The molecule has 0 atom stereocenters. The van der Waals surface area contributed by atoms with E-state index in [9.17, 15) is 4.79 Å². The molecule has 1 aromatic heterocycles. The third kappa shape index (κ3) is 4.99. The zero-order valence-electron chi connectivity index (χ0n) is 15.0. The van der Waals surface area contributed by atoms with E-state index in [2.05, 4.69) is 39.1 Å². The summed E-state index contributed by atoms with van der Waals surface area (Å²) in [6.45, 7) is 2.09. The molecule has 140 valence electrons. The van der Waals surface area contributed by atoms with E-state index >= 15 is 0 Å². The quantitative estimate of drug-likeness (QED) is 0.545. The lowest BCUT2D eigenvalue weighted by molar-refractivity contribution is 0.0520. The van der Waals surface area contributed by atoms with Crippen molar-refractivity contribution >= 4 is 39.2 Å². The average Bonchev–Trinajstić information content (AvgIpc) is 2.79. The van der Waals surface area contributed by atoms with E-state index in [1.807, 2.05) is 34.9 Å². The van der Waals surface area contributed by atoms with Crippen molar-refractivity contribution in [1.29, 1.82) is 0 Å². The van der Waals surface area contributed by atoms with Gasteiger partial charge in [0, 0.05) is 27.8 Å². The van der Waals surface area contributed by atoms with Crippen molar-refractivity contribution in [1.82, 2.24) is 9.55 Å².